The maximum absolute atomic E-state index is 12.5. The predicted octanol–water partition coefficient (Wildman–Crippen LogP) is 3.52. The smallest absolute Gasteiger partial charge is 0.302 e. The highest BCUT2D eigenvalue weighted by Gasteiger charge is 2.20. The molecule has 1 atom stereocenters. The second-order valence-corrected chi connectivity index (χ2v) is 6.06. The Morgan fingerprint density at radius 2 is 2.10 bits per heavy atom. The van der Waals surface area contributed by atoms with Gasteiger partial charge in [0.15, 0.2) is 0 Å². The first-order valence-corrected chi connectivity index (χ1v) is 7.69. The van der Waals surface area contributed by atoms with Crippen molar-refractivity contribution >= 4 is 23.1 Å². The number of hydrogen-bond donors (Lipinski definition) is 0. The predicted molar refractivity (Wildman–Crippen MR) is 83.0 cm³/mol. The number of esters is 1. The molecule has 21 heavy (non-hydrogen) atoms. The van der Waals surface area contributed by atoms with Crippen LogP contribution in [0.15, 0.2) is 23.6 Å². The summed E-state index contributed by atoms with van der Waals surface area (Å²) in [4.78, 5) is 24.2. The highest BCUT2D eigenvalue weighted by Crippen LogP contribution is 2.24. The van der Waals surface area contributed by atoms with E-state index < -0.39 is 0 Å². The lowest BCUT2D eigenvalue weighted by molar-refractivity contribution is -0.141. The summed E-state index contributed by atoms with van der Waals surface area (Å²) in [5.41, 5.74) is 2.61. The topological polar surface area (TPSA) is 48.3 Å². The zero-order valence-corrected chi connectivity index (χ0v) is 13.5. The molecule has 0 amide bonds. The molecule has 0 aliphatic rings. The zero-order valence-electron chi connectivity index (χ0n) is 12.7. The molecule has 0 saturated carbocycles. The molecule has 0 aliphatic heterocycles. The minimum atomic E-state index is -0.292. The lowest BCUT2D eigenvalue weighted by Crippen LogP contribution is -2.17. The van der Waals surface area contributed by atoms with E-state index in [9.17, 15) is 9.59 Å². The third-order valence-electron chi connectivity index (χ3n) is 3.44. The van der Waals surface area contributed by atoms with Crippen molar-refractivity contribution in [3.05, 3.63) is 45.4 Å². The summed E-state index contributed by atoms with van der Waals surface area (Å²) in [7, 11) is 0. The normalized spacial score (nSPS) is 12.2. The van der Waals surface area contributed by atoms with Crippen molar-refractivity contribution in [3.8, 4) is 0 Å². The third-order valence-corrected chi connectivity index (χ3v) is 4.31. The van der Waals surface area contributed by atoms with Crippen molar-refractivity contribution < 1.29 is 14.3 Å². The summed E-state index contributed by atoms with van der Waals surface area (Å²) in [6, 6.07) is 5.61. The van der Waals surface area contributed by atoms with Crippen LogP contribution < -0.4 is 0 Å². The zero-order chi connectivity index (χ0) is 15.6. The number of aromatic nitrogens is 1. The number of carbonyl (C=O) groups is 2. The molecule has 4 nitrogen and oxygen atoms in total. The lowest BCUT2D eigenvalue weighted by Gasteiger charge is -2.18. The van der Waals surface area contributed by atoms with Crippen LogP contribution >= 0.6 is 11.3 Å². The van der Waals surface area contributed by atoms with E-state index in [-0.39, 0.29) is 17.8 Å². The summed E-state index contributed by atoms with van der Waals surface area (Å²) in [6.07, 6.45) is 0. The Kier molecular flexibility index (Phi) is 4.63. The SMILES string of the molecule is CC(=O)OCC(C)n1c(C)cc(C(=O)c2cccs2)c1C. The number of ketones is 1. The summed E-state index contributed by atoms with van der Waals surface area (Å²) >= 11 is 1.44. The Hall–Kier alpha value is -1.88. The van der Waals surface area contributed by atoms with Gasteiger partial charge in [0, 0.05) is 23.9 Å². The summed E-state index contributed by atoms with van der Waals surface area (Å²) in [5.74, 6) is -0.247. The Bertz CT molecular complexity index is 655. The minimum absolute atomic E-state index is 0.00112. The molecule has 0 radical (unpaired) electrons. The molecule has 0 spiro atoms. The molecule has 2 aromatic heterocycles. The molecule has 1 unspecified atom stereocenters. The van der Waals surface area contributed by atoms with Gasteiger partial charge in [0.25, 0.3) is 0 Å². The molecule has 2 aromatic rings. The van der Waals surface area contributed by atoms with Crippen LogP contribution in [-0.4, -0.2) is 22.9 Å². The van der Waals surface area contributed by atoms with Gasteiger partial charge in [0.2, 0.25) is 5.78 Å². The maximum atomic E-state index is 12.5. The van der Waals surface area contributed by atoms with Gasteiger partial charge in [-0.2, -0.15) is 0 Å². The quantitative estimate of drug-likeness (QED) is 0.627. The Labute approximate surface area is 128 Å². The van der Waals surface area contributed by atoms with Crippen LogP contribution in [0, 0.1) is 13.8 Å². The molecule has 2 rings (SSSR count). The first-order valence-electron chi connectivity index (χ1n) is 6.81. The molecule has 112 valence electrons. The molecule has 0 N–H and O–H groups in total. The van der Waals surface area contributed by atoms with E-state index in [1.165, 1.54) is 18.3 Å². The number of hydrogen-bond acceptors (Lipinski definition) is 4. The minimum Gasteiger partial charge on any atom is -0.464 e. The molecule has 0 saturated heterocycles. The number of rotatable bonds is 5. The maximum Gasteiger partial charge on any atom is 0.302 e. The number of ether oxygens (including phenoxy) is 1. The van der Waals surface area contributed by atoms with Gasteiger partial charge in [-0.05, 0) is 38.3 Å². The van der Waals surface area contributed by atoms with Crippen molar-refractivity contribution in [2.45, 2.75) is 33.7 Å². The van der Waals surface area contributed by atoms with E-state index in [1.54, 1.807) is 0 Å². The molecule has 2 heterocycles. The number of aryl methyl sites for hydroxylation is 1. The second-order valence-electron chi connectivity index (χ2n) is 5.11. The van der Waals surface area contributed by atoms with Gasteiger partial charge in [-0.25, -0.2) is 0 Å². The summed E-state index contributed by atoms with van der Waals surface area (Å²) < 4.78 is 7.11. The standard InChI is InChI=1S/C16H19NO3S/c1-10-8-14(16(19)15-6-5-7-21-15)12(3)17(10)11(2)9-20-13(4)18/h5-8,11H,9H2,1-4H3. The van der Waals surface area contributed by atoms with Crippen LogP contribution in [0.25, 0.3) is 0 Å². The van der Waals surface area contributed by atoms with E-state index in [0.717, 1.165) is 16.3 Å². The monoisotopic (exact) mass is 305 g/mol. The largest absolute Gasteiger partial charge is 0.464 e. The van der Waals surface area contributed by atoms with E-state index in [1.807, 2.05) is 48.9 Å². The third kappa shape index (κ3) is 3.24. The summed E-state index contributed by atoms with van der Waals surface area (Å²) in [5, 5.41) is 1.90. The molecular formula is C16H19NO3S. The van der Waals surface area contributed by atoms with Gasteiger partial charge in [-0.1, -0.05) is 6.07 Å². The fourth-order valence-corrected chi connectivity index (χ4v) is 3.22. The lowest BCUT2D eigenvalue weighted by atomic mass is 10.1. The van der Waals surface area contributed by atoms with Gasteiger partial charge in [0.1, 0.15) is 6.61 Å². The summed E-state index contributed by atoms with van der Waals surface area (Å²) in [6.45, 7) is 7.56. The fraction of sp³-hybridized carbons (Fsp3) is 0.375. The first-order chi connectivity index (χ1) is 9.91. The average Bonchev–Trinajstić information content (AvgIpc) is 3.04. The highest BCUT2D eigenvalue weighted by atomic mass is 32.1. The van der Waals surface area contributed by atoms with Gasteiger partial charge in [-0.15, -0.1) is 11.3 Å². The van der Waals surface area contributed by atoms with Crippen molar-refractivity contribution in [1.29, 1.82) is 0 Å². The second kappa shape index (κ2) is 6.26. The van der Waals surface area contributed by atoms with Crippen LogP contribution in [0.5, 0.6) is 0 Å². The van der Waals surface area contributed by atoms with Crippen LogP contribution in [0.4, 0.5) is 0 Å². The van der Waals surface area contributed by atoms with Gasteiger partial charge < -0.3 is 9.30 Å². The first kappa shape index (κ1) is 15.5. The molecule has 0 fully saturated rings. The van der Waals surface area contributed by atoms with Crippen LogP contribution in [0.2, 0.25) is 0 Å². The Balaban J connectivity index is 2.29. The van der Waals surface area contributed by atoms with Crippen LogP contribution in [0.1, 0.15) is 46.5 Å². The fourth-order valence-electron chi connectivity index (χ4n) is 2.54. The van der Waals surface area contributed by atoms with Gasteiger partial charge in [-0.3, -0.25) is 9.59 Å². The molecule has 0 aliphatic carbocycles. The molecule has 0 bridgehead atoms. The Morgan fingerprint density at radius 1 is 1.38 bits per heavy atom. The number of carbonyl (C=O) groups excluding carboxylic acids is 2. The van der Waals surface area contributed by atoms with E-state index in [4.69, 9.17) is 4.74 Å². The van der Waals surface area contributed by atoms with E-state index in [0.29, 0.717) is 12.2 Å². The molecule has 0 aromatic carbocycles. The average molecular weight is 305 g/mol. The number of nitrogens with zero attached hydrogens (tertiary/aromatic N) is 1. The van der Waals surface area contributed by atoms with Crippen molar-refractivity contribution in [2.75, 3.05) is 6.61 Å². The van der Waals surface area contributed by atoms with Crippen molar-refractivity contribution in [2.24, 2.45) is 0 Å². The highest BCUT2D eigenvalue weighted by molar-refractivity contribution is 7.12. The number of thiophene rings is 1. The van der Waals surface area contributed by atoms with Crippen LogP contribution in [0.3, 0.4) is 0 Å². The van der Waals surface area contributed by atoms with Gasteiger partial charge in [0.05, 0.1) is 10.9 Å². The van der Waals surface area contributed by atoms with Crippen molar-refractivity contribution in [3.63, 3.8) is 0 Å². The Morgan fingerprint density at radius 3 is 2.67 bits per heavy atom. The molecular weight excluding hydrogens is 286 g/mol. The molecule has 5 heteroatoms. The van der Waals surface area contributed by atoms with E-state index >= 15 is 0 Å². The van der Waals surface area contributed by atoms with Gasteiger partial charge >= 0.3 is 5.97 Å². The van der Waals surface area contributed by atoms with Crippen LogP contribution in [-0.2, 0) is 9.53 Å². The van der Waals surface area contributed by atoms with E-state index in [2.05, 4.69) is 0 Å². The van der Waals surface area contributed by atoms with Crippen molar-refractivity contribution in [1.82, 2.24) is 4.57 Å².